The number of ether oxygens (including phenoxy) is 1. The molecule has 0 saturated heterocycles. The summed E-state index contributed by atoms with van der Waals surface area (Å²) < 4.78 is 6.97. The molecule has 9 nitrogen and oxygen atoms in total. The number of aryl methyl sites for hydroxylation is 2. The predicted octanol–water partition coefficient (Wildman–Crippen LogP) is 2.07. The summed E-state index contributed by atoms with van der Waals surface area (Å²) in [6.45, 7) is 10.3. The van der Waals surface area contributed by atoms with Crippen molar-refractivity contribution in [2.45, 2.75) is 40.2 Å². The van der Waals surface area contributed by atoms with Gasteiger partial charge in [-0.2, -0.15) is 9.50 Å². The van der Waals surface area contributed by atoms with Crippen molar-refractivity contribution in [1.82, 2.24) is 29.8 Å². The molecule has 0 radical (unpaired) electrons. The molecular weight excluding hydrogens is 394 g/mol. The Morgan fingerprint density at radius 1 is 1.26 bits per heavy atom. The molecule has 0 bridgehead atoms. The number of nitrogens with zero attached hydrogens (tertiary/aromatic N) is 5. The van der Waals surface area contributed by atoms with Crippen LogP contribution in [0.1, 0.15) is 42.4 Å². The Morgan fingerprint density at radius 3 is 2.68 bits per heavy atom. The van der Waals surface area contributed by atoms with E-state index in [9.17, 15) is 4.79 Å². The number of nitrogen functional groups attached to an aromatic ring is 1. The van der Waals surface area contributed by atoms with Crippen molar-refractivity contribution in [2.75, 3.05) is 32.5 Å². The van der Waals surface area contributed by atoms with E-state index in [1.54, 1.807) is 11.6 Å². The quantitative estimate of drug-likeness (QED) is 0.540. The van der Waals surface area contributed by atoms with Gasteiger partial charge in [0.2, 0.25) is 11.9 Å². The molecule has 9 heteroatoms. The second-order valence-electron chi connectivity index (χ2n) is 7.44. The Labute approximate surface area is 182 Å². The standard InChI is InChI=1S/C22H31N7O2/c1-6-28(7-2)19(16-9-8-10-17(11-16)31-5)13-24-20(30)12-18-14(3)25-22-26-21(23)27-29(22)15(18)4/h8-11,19H,6-7,12-13H2,1-5H3,(H2,23,27)(H,24,30)/t19-/m1/s1. The summed E-state index contributed by atoms with van der Waals surface area (Å²) in [4.78, 5) is 23.7. The van der Waals surface area contributed by atoms with Crippen LogP contribution in [0.25, 0.3) is 5.78 Å². The monoisotopic (exact) mass is 425 g/mol. The third kappa shape index (κ3) is 4.93. The Balaban J connectivity index is 1.77. The predicted molar refractivity (Wildman–Crippen MR) is 120 cm³/mol. The van der Waals surface area contributed by atoms with Gasteiger partial charge in [0.1, 0.15) is 5.75 Å². The lowest BCUT2D eigenvalue weighted by molar-refractivity contribution is -0.120. The molecule has 3 N–H and O–H groups in total. The topological polar surface area (TPSA) is 111 Å². The van der Waals surface area contributed by atoms with E-state index >= 15 is 0 Å². The highest BCUT2D eigenvalue weighted by atomic mass is 16.5. The lowest BCUT2D eigenvalue weighted by Crippen LogP contribution is -2.38. The highest BCUT2D eigenvalue weighted by Gasteiger charge is 2.21. The van der Waals surface area contributed by atoms with Crippen LogP contribution in [-0.4, -0.2) is 57.1 Å². The van der Waals surface area contributed by atoms with Gasteiger partial charge in [-0.25, -0.2) is 4.98 Å². The normalized spacial score (nSPS) is 12.3. The van der Waals surface area contributed by atoms with E-state index in [-0.39, 0.29) is 24.3 Å². The molecule has 0 aliphatic carbocycles. The van der Waals surface area contributed by atoms with Crippen molar-refractivity contribution in [3.05, 3.63) is 46.8 Å². The molecule has 0 unspecified atom stereocenters. The number of fused-ring (bicyclic) bond motifs is 1. The van der Waals surface area contributed by atoms with E-state index in [2.05, 4.69) is 45.2 Å². The molecule has 1 amide bonds. The number of carbonyl (C=O) groups is 1. The minimum atomic E-state index is -0.0690. The van der Waals surface area contributed by atoms with Crippen molar-refractivity contribution >= 4 is 17.6 Å². The molecular formula is C22H31N7O2. The van der Waals surface area contributed by atoms with E-state index in [1.807, 2.05) is 32.0 Å². The van der Waals surface area contributed by atoms with E-state index in [0.29, 0.717) is 12.3 Å². The summed E-state index contributed by atoms with van der Waals surface area (Å²) in [7, 11) is 1.66. The van der Waals surface area contributed by atoms with Gasteiger partial charge in [0.15, 0.2) is 0 Å². The van der Waals surface area contributed by atoms with E-state index in [1.165, 1.54) is 0 Å². The van der Waals surface area contributed by atoms with Gasteiger partial charge in [0.05, 0.1) is 19.6 Å². The number of likely N-dealkylation sites (N-methyl/N-ethyl adjacent to an activating group) is 1. The molecule has 1 atom stereocenters. The van der Waals surface area contributed by atoms with Crippen LogP contribution in [0.3, 0.4) is 0 Å². The number of benzene rings is 1. The minimum Gasteiger partial charge on any atom is -0.497 e. The maximum Gasteiger partial charge on any atom is 0.254 e. The number of hydrogen-bond acceptors (Lipinski definition) is 7. The van der Waals surface area contributed by atoms with Gasteiger partial charge in [-0.3, -0.25) is 9.69 Å². The summed E-state index contributed by atoms with van der Waals surface area (Å²) in [5, 5.41) is 7.27. The summed E-state index contributed by atoms with van der Waals surface area (Å²) in [5.74, 6) is 1.34. The van der Waals surface area contributed by atoms with Gasteiger partial charge >= 0.3 is 0 Å². The summed E-state index contributed by atoms with van der Waals surface area (Å²) in [6.07, 6.45) is 0.212. The maximum absolute atomic E-state index is 12.9. The van der Waals surface area contributed by atoms with Crippen molar-refractivity contribution in [1.29, 1.82) is 0 Å². The van der Waals surface area contributed by atoms with Crippen molar-refractivity contribution in [3.8, 4) is 5.75 Å². The molecule has 3 rings (SSSR count). The minimum absolute atomic E-state index is 0.0481. The average molecular weight is 426 g/mol. The highest BCUT2D eigenvalue weighted by molar-refractivity contribution is 5.79. The number of nitrogens with one attached hydrogen (secondary N) is 1. The molecule has 0 fully saturated rings. The Kier molecular flexibility index (Phi) is 7.06. The summed E-state index contributed by atoms with van der Waals surface area (Å²) >= 11 is 0. The lowest BCUT2D eigenvalue weighted by Gasteiger charge is -2.30. The maximum atomic E-state index is 12.9. The molecule has 0 aliphatic heterocycles. The number of hydrogen-bond donors (Lipinski definition) is 2. The number of methoxy groups -OCH3 is 1. The molecule has 3 aromatic rings. The second kappa shape index (κ2) is 9.74. The number of carbonyl (C=O) groups excluding carboxylic acids is 1. The van der Waals surface area contributed by atoms with Crippen LogP contribution in [0.2, 0.25) is 0 Å². The molecule has 31 heavy (non-hydrogen) atoms. The number of rotatable bonds is 9. The zero-order valence-electron chi connectivity index (χ0n) is 18.8. The fourth-order valence-corrected chi connectivity index (χ4v) is 3.88. The third-order valence-corrected chi connectivity index (χ3v) is 5.63. The van der Waals surface area contributed by atoms with Crippen LogP contribution in [0.15, 0.2) is 24.3 Å². The smallest absolute Gasteiger partial charge is 0.254 e. The molecule has 2 heterocycles. The molecule has 0 saturated carbocycles. The lowest BCUT2D eigenvalue weighted by atomic mass is 10.0. The Hall–Kier alpha value is -3.20. The third-order valence-electron chi connectivity index (χ3n) is 5.63. The van der Waals surface area contributed by atoms with Crippen molar-refractivity contribution in [3.63, 3.8) is 0 Å². The Morgan fingerprint density at radius 2 is 2.00 bits per heavy atom. The summed E-state index contributed by atoms with van der Waals surface area (Å²) in [5.41, 5.74) is 9.20. The fourth-order valence-electron chi connectivity index (χ4n) is 3.88. The summed E-state index contributed by atoms with van der Waals surface area (Å²) in [6, 6.07) is 8.04. The first-order valence-corrected chi connectivity index (χ1v) is 10.5. The zero-order chi connectivity index (χ0) is 22.5. The highest BCUT2D eigenvalue weighted by Crippen LogP contribution is 2.24. The largest absolute Gasteiger partial charge is 0.497 e. The zero-order valence-corrected chi connectivity index (χ0v) is 18.8. The van der Waals surface area contributed by atoms with Crippen LogP contribution in [0, 0.1) is 13.8 Å². The Bertz CT molecular complexity index is 1060. The van der Waals surface area contributed by atoms with Crippen molar-refractivity contribution < 1.29 is 9.53 Å². The molecule has 2 aromatic heterocycles. The van der Waals surface area contributed by atoms with Crippen LogP contribution < -0.4 is 15.8 Å². The van der Waals surface area contributed by atoms with E-state index < -0.39 is 0 Å². The van der Waals surface area contributed by atoms with Crippen molar-refractivity contribution in [2.24, 2.45) is 0 Å². The fraction of sp³-hybridized carbons (Fsp3) is 0.455. The average Bonchev–Trinajstić information content (AvgIpc) is 3.14. The first-order valence-electron chi connectivity index (χ1n) is 10.5. The van der Waals surface area contributed by atoms with Gasteiger partial charge in [0.25, 0.3) is 5.78 Å². The molecule has 0 aliphatic rings. The number of anilines is 1. The number of aromatic nitrogens is 4. The van der Waals surface area contributed by atoms with Gasteiger partial charge < -0.3 is 15.8 Å². The molecule has 0 spiro atoms. The number of amides is 1. The SMILES string of the molecule is CCN(CC)[C@H](CNC(=O)Cc1c(C)nc2nc(N)nn2c1C)c1cccc(OC)c1. The van der Waals surface area contributed by atoms with Crippen LogP contribution in [0.4, 0.5) is 5.95 Å². The first kappa shape index (κ1) is 22.5. The number of nitrogens with two attached hydrogens (primary N) is 1. The molecule has 166 valence electrons. The first-order chi connectivity index (χ1) is 14.9. The molecule has 1 aromatic carbocycles. The van der Waals surface area contributed by atoms with Gasteiger partial charge in [-0.1, -0.05) is 26.0 Å². The van der Waals surface area contributed by atoms with Gasteiger partial charge in [-0.05, 0) is 44.6 Å². The van der Waals surface area contributed by atoms with E-state index in [4.69, 9.17) is 10.5 Å². The van der Waals surface area contributed by atoms with Gasteiger partial charge in [0, 0.05) is 23.5 Å². The van der Waals surface area contributed by atoms with Crippen LogP contribution >= 0.6 is 0 Å². The second-order valence-corrected chi connectivity index (χ2v) is 7.44. The van der Waals surface area contributed by atoms with E-state index in [0.717, 1.165) is 41.4 Å². The van der Waals surface area contributed by atoms with Gasteiger partial charge in [-0.15, -0.1) is 5.10 Å². The van der Waals surface area contributed by atoms with Crippen LogP contribution in [0.5, 0.6) is 5.75 Å². The van der Waals surface area contributed by atoms with Crippen LogP contribution in [-0.2, 0) is 11.2 Å².